The molecule has 1 unspecified atom stereocenters. The zero-order valence-corrected chi connectivity index (χ0v) is 18.7. The fourth-order valence-electron chi connectivity index (χ4n) is 4.43. The van der Waals surface area contributed by atoms with Gasteiger partial charge in [-0.3, -0.25) is 14.6 Å². The van der Waals surface area contributed by atoms with Gasteiger partial charge in [-0.05, 0) is 85.9 Å². The number of nitrogens with zero attached hydrogens (tertiary/aromatic N) is 2. The first-order valence-corrected chi connectivity index (χ1v) is 11.6. The minimum Gasteiger partial charge on any atom is -0.466 e. The Morgan fingerprint density at radius 3 is 2.66 bits per heavy atom. The summed E-state index contributed by atoms with van der Waals surface area (Å²) in [6.45, 7) is 4.28. The van der Waals surface area contributed by atoms with Gasteiger partial charge >= 0.3 is 5.97 Å². The Kier molecular flexibility index (Phi) is 7.20. The lowest BCUT2D eigenvalue weighted by Crippen LogP contribution is -2.19. The number of rotatable bonds is 7. The second kappa shape index (κ2) is 10.4. The molecular weight excluding hydrogens is 402 g/mol. The van der Waals surface area contributed by atoms with E-state index in [0.29, 0.717) is 24.5 Å². The van der Waals surface area contributed by atoms with Crippen molar-refractivity contribution in [1.29, 1.82) is 0 Å². The first-order chi connectivity index (χ1) is 15.6. The number of ether oxygens (including phenoxy) is 1. The number of benzene rings is 2. The van der Waals surface area contributed by atoms with Crippen LogP contribution in [0.25, 0.3) is 0 Å². The molecule has 2 aromatic carbocycles. The number of aryl methyl sites for hydroxylation is 1. The first kappa shape index (κ1) is 22.1. The van der Waals surface area contributed by atoms with Gasteiger partial charge in [0.1, 0.15) is 0 Å². The molecule has 32 heavy (non-hydrogen) atoms. The molecule has 1 atom stereocenters. The van der Waals surface area contributed by atoms with Crippen molar-refractivity contribution in [1.82, 2.24) is 5.01 Å². The lowest BCUT2D eigenvalue weighted by atomic mass is 9.82. The van der Waals surface area contributed by atoms with E-state index < -0.39 is 0 Å². The molecular formula is C26H31N3O3. The molecule has 1 heterocycles. The molecule has 0 radical (unpaired) electrons. The van der Waals surface area contributed by atoms with Crippen LogP contribution in [-0.4, -0.2) is 42.8 Å². The third-order valence-corrected chi connectivity index (χ3v) is 6.18. The summed E-state index contributed by atoms with van der Waals surface area (Å²) < 4.78 is 5.10. The number of hydrazone groups is 1. The van der Waals surface area contributed by atoms with Gasteiger partial charge in [0.05, 0.1) is 12.8 Å². The van der Waals surface area contributed by atoms with Crippen LogP contribution in [0.1, 0.15) is 59.7 Å². The Bertz CT molecular complexity index is 978. The van der Waals surface area contributed by atoms with Gasteiger partial charge in [-0.15, -0.1) is 0 Å². The van der Waals surface area contributed by atoms with Gasteiger partial charge in [0.15, 0.2) is 0 Å². The zero-order valence-electron chi connectivity index (χ0n) is 18.7. The minimum absolute atomic E-state index is 0.126. The summed E-state index contributed by atoms with van der Waals surface area (Å²) in [6, 6.07) is 13.6. The summed E-state index contributed by atoms with van der Waals surface area (Å²) in [7, 11) is 0. The molecule has 1 fully saturated rings. The maximum absolute atomic E-state index is 12.7. The molecule has 0 bridgehead atoms. The molecule has 168 valence electrons. The van der Waals surface area contributed by atoms with Crippen molar-refractivity contribution in [2.75, 3.05) is 25.0 Å². The molecule has 0 saturated carbocycles. The molecule has 1 amide bonds. The van der Waals surface area contributed by atoms with Gasteiger partial charge in [0.2, 0.25) is 0 Å². The van der Waals surface area contributed by atoms with Crippen molar-refractivity contribution in [2.45, 2.75) is 45.4 Å². The number of hydrogen-bond donors (Lipinski definition) is 1. The van der Waals surface area contributed by atoms with E-state index in [0.717, 1.165) is 43.6 Å². The summed E-state index contributed by atoms with van der Waals surface area (Å²) in [5.74, 6) is 0.0356. The SMILES string of the molecule is CCOC(=O)CC1CCc2ccc(NC(=O)c3ccc(/C=N/N4CCCC4)cc3)cc2C1. The Balaban J connectivity index is 1.36. The van der Waals surface area contributed by atoms with Crippen molar-refractivity contribution in [3.63, 3.8) is 0 Å². The molecule has 0 aromatic heterocycles. The van der Waals surface area contributed by atoms with Crippen LogP contribution in [-0.2, 0) is 22.4 Å². The molecule has 6 nitrogen and oxygen atoms in total. The number of amides is 1. The van der Waals surface area contributed by atoms with Crippen molar-refractivity contribution in [3.8, 4) is 0 Å². The van der Waals surface area contributed by atoms with Gasteiger partial charge in [0.25, 0.3) is 5.91 Å². The quantitative estimate of drug-likeness (QED) is 0.518. The van der Waals surface area contributed by atoms with E-state index in [4.69, 9.17) is 4.74 Å². The number of carbonyl (C=O) groups excluding carboxylic acids is 2. The largest absolute Gasteiger partial charge is 0.466 e. The Morgan fingerprint density at radius 1 is 1.12 bits per heavy atom. The number of hydrogen-bond acceptors (Lipinski definition) is 5. The lowest BCUT2D eigenvalue weighted by Gasteiger charge is -2.24. The maximum atomic E-state index is 12.7. The minimum atomic E-state index is -0.133. The number of nitrogens with one attached hydrogen (secondary N) is 1. The van der Waals surface area contributed by atoms with E-state index in [1.807, 2.05) is 49.5 Å². The predicted octanol–water partition coefficient (Wildman–Crippen LogP) is 4.43. The highest BCUT2D eigenvalue weighted by molar-refractivity contribution is 6.04. The highest BCUT2D eigenvalue weighted by atomic mass is 16.5. The Labute approximate surface area is 189 Å². The normalized spacial score (nSPS) is 17.9. The van der Waals surface area contributed by atoms with Gasteiger partial charge < -0.3 is 10.1 Å². The van der Waals surface area contributed by atoms with E-state index in [1.54, 1.807) is 0 Å². The predicted molar refractivity (Wildman–Crippen MR) is 126 cm³/mol. The van der Waals surface area contributed by atoms with Crippen LogP contribution in [0.5, 0.6) is 0 Å². The topological polar surface area (TPSA) is 71.0 Å². The zero-order chi connectivity index (χ0) is 22.3. The monoisotopic (exact) mass is 433 g/mol. The highest BCUT2D eigenvalue weighted by Gasteiger charge is 2.22. The van der Waals surface area contributed by atoms with Gasteiger partial charge in [-0.25, -0.2) is 0 Å². The number of fused-ring (bicyclic) bond motifs is 1. The number of esters is 1. The Hall–Kier alpha value is -3.15. The molecule has 4 rings (SSSR count). The Morgan fingerprint density at radius 2 is 1.91 bits per heavy atom. The molecule has 2 aliphatic rings. The summed E-state index contributed by atoms with van der Waals surface area (Å²) in [5, 5.41) is 9.58. The van der Waals surface area contributed by atoms with Gasteiger partial charge in [-0.2, -0.15) is 5.10 Å². The summed E-state index contributed by atoms with van der Waals surface area (Å²) in [5.41, 5.74) is 4.88. The van der Waals surface area contributed by atoms with Crippen LogP contribution in [0, 0.1) is 5.92 Å². The molecule has 0 spiro atoms. The average molecular weight is 434 g/mol. The van der Waals surface area contributed by atoms with E-state index in [-0.39, 0.29) is 11.9 Å². The highest BCUT2D eigenvalue weighted by Crippen LogP contribution is 2.30. The lowest BCUT2D eigenvalue weighted by molar-refractivity contribution is -0.144. The van der Waals surface area contributed by atoms with Gasteiger partial charge in [0, 0.05) is 30.8 Å². The van der Waals surface area contributed by atoms with Crippen LogP contribution in [0.15, 0.2) is 47.6 Å². The molecule has 1 N–H and O–H groups in total. The van der Waals surface area contributed by atoms with Crippen molar-refractivity contribution in [2.24, 2.45) is 11.0 Å². The van der Waals surface area contributed by atoms with Crippen LogP contribution >= 0.6 is 0 Å². The third-order valence-electron chi connectivity index (χ3n) is 6.18. The smallest absolute Gasteiger partial charge is 0.306 e. The third kappa shape index (κ3) is 5.75. The molecule has 1 aliphatic heterocycles. The second-order valence-electron chi connectivity index (χ2n) is 8.58. The number of anilines is 1. The molecule has 2 aromatic rings. The van der Waals surface area contributed by atoms with Crippen LogP contribution < -0.4 is 5.32 Å². The van der Waals surface area contributed by atoms with Crippen LogP contribution in [0.4, 0.5) is 5.69 Å². The van der Waals surface area contributed by atoms with Crippen LogP contribution in [0.3, 0.4) is 0 Å². The van der Waals surface area contributed by atoms with Crippen LogP contribution in [0.2, 0.25) is 0 Å². The van der Waals surface area contributed by atoms with Crippen molar-refractivity contribution < 1.29 is 14.3 Å². The first-order valence-electron chi connectivity index (χ1n) is 11.6. The van der Waals surface area contributed by atoms with E-state index >= 15 is 0 Å². The van der Waals surface area contributed by atoms with Crippen molar-refractivity contribution in [3.05, 3.63) is 64.7 Å². The summed E-state index contributed by atoms with van der Waals surface area (Å²) in [6.07, 6.45) is 7.48. The summed E-state index contributed by atoms with van der Waals surface area (Å²) >= 11 is 0. The van der Waals surface area contributed by atoms with E-state index in [1.165, 1.54) is 24.0 Å². The second-order valence-corrected chi connectivity index (χ2v) is 8.58. The number of carbonyl (C=O) groups is 2. The van der Waals surface area contributed by atoms with Crippen molar-refractivity contribution >= 4 is 23.8 Å². The fourth-order valence-corrected chi connectivity index (χ4v) is 4.43. The molecule has 6 heteroatoms. The fraction of sp³-hybridized carbons (Fsp3) is 0.423. The molecule has 1 saturated heterocycles. The van der Waals surface area contributed by atoms with E-state index in [2.05, 4.69) is 21.5 Å². The van der Waals surface area contributed by atoms with E-state index in [9.17, 15) is 9.59 Å². The maximum Gasteiger partial charge on any atom is 0.306 e. The average Bonchev–Trinajstić information content (AvgIpc) is 3.32. The van der Waals surface area contributed by atoms with Gasteiger partial charge in [-0.1, -0.05) is 18.2 Å². The standard InChI is InChI=1S/C26H31N3O3/c1-2-32-25(30)16-20-7-8-21-11-12-24(17-23(21)15-20)28-26(31)22-9-5-19(6-10-22)18-27-29-13-3-4-14-29/h5-6,9-12,17-18,20H,2-4,7-8,13-16H2,1H3,(H,28,31)/b27-18+. The molecule has 1 aliphatic carbocycles. The summed E-state index contributed by atoms with van der Waals surface area (Å²) in [4.78, 5) is 24.6.